The highest BCUT2D eigenvalue weighted by Crippen LogP contribution is 2.40. The molecule has 1 aliphatic heterocycles. The number of rotatable bonds is 6. The molecule has 1 heterocycles. The van der Waals surface area contributed by atoms with E-state index in [-0.39, 0.29) is 11.3 Å². The van der Waals surface area contributed by atoms with Gasteiger partial charge in [0.15, 0.2) is 0 Å². The summed E-state index contributed by atoms with van der Waals surface area (Å²) in [5, 5.41) is 0.956. The van der Waals surface area contributed by atoms with Crippen LogP contribution in [0.3, 0.4) is 0 Å². The van der Waals surface area contributed by atoms with Crippen molar-refractivity contribution in [1.82, 2.24) is 9.80 Å². The summed E-state index contributed by atoms with van der Waals surface area (Å²) in [6, 6.07) is 13.0. The summed E-state index contributed by atoms with van der Waals surface area (Å²) in [6.45, 7) is 1.55. The van der Waals surface area contributed by atoms with E-state index in [0.29, 0.717) is 33.8 Å². The van der Waals surface area contributed by atoms with E-state index >= 15 is 0 Å². The fraction of sp³-hybridized carbons (Fsp3) is 0.316. The van der Waals surface area contributed by atoms with E-state index in [1.165, 1.54) is 0 Å². The highest BCUT2D eigenvalue weighted by molar-refractivity contribution is 8.00. The Labute approximate surface area is 168 Å². The van der Waals surface area contributed by atoms with Gasteiger partial charge in [-0.2, -0.15) is 0 Å². The first-order chi connectivity index (χ1) is 12.4. The maximum absolute atomic E-state index is 12.2. The second kappa shape index (κ2) is 8.53. The molecule has 0 radical (unpaired) electrons. The minimum absolute atomic E-state index is 0.0137. The van der Waals surface area contributed by atoms with Crippen molar-refractivity contribution in [3.63, 3.8) is 0 Å². The van der Waals surface area contributed by atoms with Gasteiger partial charge in [-0.15, -0.1) is 11.8 Å². The zero-order valence-electron chi connectivity index (χ0n) is 14.6. The van der Waals surface area contributed by atoms with Gasteiger partial charge in [0.25, 0.3) is 0 Å². The normalized spacial score (nSPS) is 17.2. The molecule has 0 N–H and O–H groups in total. The van der Waals surface area contributed by atoms with Crippen molar-refractivity contribution in [2.75, 3.05) is 32.9 Å². The van der Waals surface area contributed by atoms with Crippen LogP contribution in [0.1, 0.15) is 10.9 Å². The van der Waals surface area contributed by atoms with Crippen LogP contribution >= 0.6 is 35.0 Å². The predicted molar refractivity (Wildman–Crippen MR) is 108 cm³/mol. The zero-order chi connectivity index (χ0) is 18.7. The fourth-order valence-electron chi connectivity index (χ4n) is 2.69. The van der Waals surface area contributed by atoms with E-state index in [4.69, 9.17) is 27.9 Å². The lowest BCUT2D eigenvalue weighted by atomic mass is 10.2. The topological polar surface area (TPSA) is 32.8 Å². The minimum atomic E-state index is 0.0137. The lowest BCUT2D eigenvalue weighted by Crippen LogP contribution is -2.34. The number of benzene rings is 2. The number of thioether (sulfide) groups is 1. The summed E-state index contributed by atoms with van der Waals surface area (Å²) in [7, 11) is 4.02. The van der Waals surface area contributed by atoms with Gasteiger partial charge in [-0.3, -0.25) is 4.79 Å². The van der Waals surface area contributed by atoms with Crippen molar-refractivity contribution in [2.24, 2.45) is 0 Å². The van der Waals surface area contributed by atoms with E-state index in [2.05, 4.69) is 4.90 Å². The van der Waals surface area contributed by atoms with Crippen molar-refractivity contribution in [3.8, 4) is 11.5 Å². The second-order valence-corrected chi connectivity index (χ2v) is 8.19. The Balaban J connectivity index is 1.77. The zero-order valence-corrected chi connectivity index (χ0v) is 16.9. The molecular weight excluding hydrogens is 391 g/mol. The molecule has 2 aromatic carbocycles. The Morgan fingerprint density at radius 2 is 1.92 bits per heavy atom. The van der Waals surface area contributed by atoms with Crippen LogP contribution in [0.5, 0.6) is 11.5 Å². The summed E-state index contributed by atoms with van der Waals surface area (Å²) >= 11 is 13.6. The van der Waals surface area contributed by atoms with Crippen LogP contribution in [0.15, 0.2) is 42.5 Å². The first-order valence-electron chi connectivity index (χ1n) is 8.23. The number of ether oxygens (including phenoxy) is 1. The first kappa shape index (κ1) is 19.4. The Morgan fingerprint density at radius 3 is 2.65 bits per heavy atom. The molecule has 7 heteroatoms. The van der Waals surface area contributed by atoms with Gasteiger partial charge in [0, 0.05) is 19.2 Å². The van der Waals surface area contributed by atoms with Gasteiger partial charge in [-0.1, -0.05) is 35.3 Å². The van der Waals surface area contributed by atoms with E-state index in [9.17, 15) is 4.79 Å². The van der Waals surface area contributed by atoms with Gasteiger partial charge in [-0.05, 0) is 43.9 Å². The van der Waals surface area contributed by atoms with Gasteiger partial charge in [0.2, 0.25) is 5.91 Å². The molecule has 2 aromatic rings. The Bertz CT molecular complexity index is 801. The Morgan fingerprint density at radius 1 is 1.15 bits per heavy atom. The van der Waals surface area contributed by atoms with Gasteiger partial charge < -0.3 is 14.5 Å². The monoisotopic (exact) mass is 410 g/mol. The quantitative estimate of drug-likeness (QED) is 0.676. The number of halogens is 2. The van der Waals surface area contributed by atoms with Crippen LogP contribution in [0, 0.1) is 0 Å². The predicted octanol–water partition coefficient (Wildman–Crippen LogP) is 4.92. The van der Waals surface area contributed by atoms with E-state index in [1.54, 1.807) is 30.0 Å². The lowest BCUT2D eigenvalue weighted by Gasteiger charge is -2.26. The van der Waals surface area contributed by atoms with E-state index in [1.807, 2.05) is 43.3 Å². The van der Waals surface area contributed by atoms with Gasteiger partial charge in [-0.25, -0.2) is 0 Å². The fourth-order valence-corrected chi connectivity index (χ4v) is 4.18. The van der Waals surface area contributed by atoms with Crippen LogP contribution in [-0.4, -0.2) is 48.6 Å². The molecule has 3 rings (SSSR count). The molecular formula is C19H20Cl2N2O2S. The number of hydrogen-bond donors (Lipinski definition) is 0. The molecule has 1 aliphatic rings. The maximum Gasteiger partial charge on any atom is 0.233 e. The SMILES string of the molecule is CN(C)CCN1C(=O)CSC1c1cccc(Oc2ccc(Cl)c(Cl)c2)c1. The summed E-state index contributed by atoms with van der Waals surface area (Å²) in [4.78, 5) is 16.3. The second-order valence-electron chi connectivity index (χ2n) is 6.30. The number of carbonyl (C=O) groups is 1. The van der Waals surface area contributed by atoms with Gasteiger partial charge in [0.1, 0.15) is 16.9 Å². The number of nitrogens with zero attached hydrogens (tertiary/aromatic N) is 2. The molecule has 1 fully saturated rings. The summed E-state index contributed by atoms with van der Waals surface area (Å²) in [5.74, 6) is 2.01. The van der Waals surface area contributed by atoms with Crippen molar-refractivity contribution in [3.05, 3.63) is 58.1 Å². The highest BCUT2D eigenvalue weighted by atomic mass is 35.5. The third kappa shape index (κ3) is 4.65. The van der Waals surface area contributed by atoms with E-state index in [0.717, 1.165) is 12.1 Å². The summed E-state index contributed by atoms with van der Waals surface area (Å²) in [5.41, 5.74) is 1.05. The molecule has 0 spiro atoms. The third-order valence-corrected chi connectivity index (χ3v) is 6.02. The Hall–Kier alpha value is -1.40. The minimum Gasteiger partial charge on any atom is -0.457 e. The molecule has 0 saturated carbocycles. The summed E-state index contributed by atoms with van der Waals surface area (Å²) in [6.07, 6.45) is 0. The van der Waals surface area contributed by atoms with Crippen LogP contribution in [-0.2, 0) is 4.79 Å². The molecule has 0 bridgehead atoms. The van der Waals surface area contributed by atoms with Crippen LogP contribution in [0.25, 0.3) is 0 Å². The summed E-state index contributed by atoms with van der Waals surface area (Å²) < 4.78 is 5.91. The lowest BCUT2D eigenvalue weighted by molar-refractivity contribution is -0.128. The van der Waals surface area contributed by atoms with Gasteiger partial charge in [0.05, 0.1) is 15.8 Å². The van der Waals surface area contributed by atoms with Crippen LogP contribution in [0.4, 0.5) is 0 Å². The smallest absolute Gasteiger partial charge is 0.233 e. The van der Waals surface area contributed by atoms with Crippen molar-refractivity contribution in [2.45, 2.75) is 5.37 Å². The van der Waals surface area contributed by atoms with Gasteiger partial charge >= 0.3 is 0 Å². The first-order valence-corrected chi connectivity index (χ1v) is 10.0. The van der Waals surface area contributed by atoms with Crippen molar-refractivity contribution < 1.29 is 9.53 Å². The third-order valence-electron chi connectivity index (χ3n) is 4.03. The molecule has 0 aromatic heterocycles. The maximum atomic E-state index is 12.2. The molecule has 4 nitrogen and oxygen atoms in total. The Kier molecular flexibility index (Phi) is 6.35. The standard InChI is InChI=1S/C19H20Cl2N2O2S/c1-22(2)8-9-23-18(24)12-26-19(23)13-4-3-5-14(10-13)25-15-6-7-16(20)17(21)11-15/h3-7,10-11,19H,8-9,12H2,1-2H3. The number of likely N-dealkylation sites (N-methyl/N-ethyl adjacent to an activating group) is 1. The van der Waals surface area contributed by atoms with E-state index < -0.39 is 0 Å². The number of hydrogen-bond acceptors (Lipinski definition) is 4. The molecule has 1 saturated heterocycles. The molecule has 1 unspecified atom stereocenters. The molecule has 1 amide bonds. The van der Waals surface area contributed by atoms with Crippen LogP contribution < -0.4 is 4.74 Å². The molecule has 138 valence electrons. The highest BCUT2D eigenvalue weighted by Gasteiger charge is 2.32. The van der Waals surface area contributed by atoms with Crippen molar-refractivity contribution >= 4 is 40.9 Å². The number of carbonyl (C=O) groups excluding carboxylic acids is 1. The average Bonchev–Trinajstić information content (AvgIpc) is 2.97. The molecule has 1 atom stereocenters. The largest absolute Gasteiger partial charge is 0.457 e. The molecule has 26 heavy (non-hydrogen) atoms. The average molecular weight is 411 g/mol. The molecule has 0 aliphatic carbocycles. The van der Waals surface area contributed by atoms with Crippen molar-refractivity contribution in [1.29, 1.82) is 0 Å². The number of amides is 1. The van der Waals surface area contributed by atoms with Crippen LogP contribution in [0.2, 0.25) is 10.0 Å².